The van der Waals surface area contributed by atoms with Gasteiger partial charge >= 0.3 is 0 Å². The molecule has 0 aromatic heterocycles. The Hall–Kier alpha value is -0.0200. The highest BCUT2D eigenvalue weighted by Crippen LogP contribution is 2.22. The van der Waals surface area contributed by atoms with Gasteiger partial charge < -0.3 is 5.32 Å². The SMILES string of the molecule is CNc1cc(Br)cc(Br)c1. The highest BCUT2D eigenvalue weighted by molar-refractivity contribution is 9.11. The molecule has 0 saturated heterocycles. The standard InChI is InChI=1S/C7H7Br2N/c1-10-7-3-5(8)2-6(9)4-7/h2-4,10H,1H3. The van der Waals surface area contributed by atoms with Gasteiger partial charge in [0.25, 0.3) is 0 Å². The van der Waals surface area contributed by atoms with E-state index < -0.39 is 0 Å². The molecule has 0 heterocycles. The smallest absolute Gasteiger partial charge is 0.0360 e. The Morgan fingerprint density at radius 3 is 2.00 bits per heavy atom. The molecule has 1 nitrogen and oxygen atoms in total. The van der Waals surface area contributed by atoms with E-state index in [-0.39, 0.29) is 0 Å². The van der Waals surface area contributed by atoms with Crippen molar-refractivity contribution in [2.75, 3.05) is 12.4 Å². The molecule has 1 aromatic carbocycles. The predicted octanol–water partition coefficient (Wildman–Crippen LogP) is 3.25. The Balaban J connectivity index is 3.06. The van der Waals surface area contributed by atoms with Crippen LogP contribution in [-0.4, -0.2) is 7.05 Å². The van der Waals surface area contributed by atoms with E-state index in [9.17, 15) is 0 Å². The first-order chi connectivity index (χ1) is 4.72. The third-order valence-electron chi connectivity index (χ3n) is 1.15. The zero-order valence-electron chi connectivity index (χ0n) is 5.49. The van der Waals surface area contributed by atoms with Crippen LogP contribution in [-0.2, 0) is 0 Å². The van der Waals surface area contributed by atoms with Gasteiger partial charge in [0.2, 0.25) is 0 Å². The van der Waals surface area contributed by atoms with Crippen LogP contribution in [0.15, 0.2) is 27.1 Å². The molecule has 0 saturated carbocycles. The number of anilines is 1. The van der Waals surface area contributed by atoms with Gasteiger partial charge in [-0.2, -0.15) is 0 Å². The number of nitrogens with one attached hydrogen (secondary N) is 1. The summed E-state index contributed by atoms with van der Waals surface area (Å²) in [7, 11) is 1.90. The first-order valence-electron chi connectivity index (χ1n) is 2.86. The highest BCUT2D eigenvalue weighted by Gasteiger charge is 1.93. The van der Waals surface area contributed by atoms with Crippen LogP contribution in [0.3, 0.4) is 0 Å². The van der Waals surface area contributed by atoms with E-state index in [4.69, 9.17) is 0 Å². The van der Waals surface area contributed by atoms with Crippen molar-refractivity contribution in [1.82, 2.24) is 0 Å². The topological polar surface area (TPSA) is 12.0 Å². The zero-order valence-corrected chi connectivity index (χ0v) is 8.66. The normalized spacial score (nSPS) is 9.50. The van der Waals surface area contributed by atoms with Gasteiger partial charge in [-0.15, -0.1) is 0 Å². The lowest BCUT2D eigenvalue weighted by Crippen LogP contribution is -1.86. The molecule has 0 aliphatic carbocycles. The molecule has 0 spiro atoms. The molecule has 0 radical (unpaired) electrons. The molecule has 0 aliphatic rings. The van der Waals surface area contributed by atoms with E-state index in [2.05, 4.69) is 37.2 Å². The second-order valence-corrected chi connectivity index (χ2v) is 3.74. The van der Waals surface area contributed by atoms with Crippen molar-refractivity contribution in [3.63, 3.8) is 0 Å². The van der Waals surface area contributed by atoms with Gasteiger partial charge in [0.1, 0.15) is 0 Å². The highest BCUT2D eigenvalue weighted by atomic mass is 79.9. The molecule has 0 amide bonds. The Bertz CT molecular complexity index is 215. The van der Waals surface area contributed by atoms with Crippen molar-refractivity contribution in [3.8, 4) is 0 Å². The lowest BCUT2D eigenvalue weighted by atomic mass is 10.3. The summed E-state index contributed by atoms with van der Waals surface area (Å²) in [5, 5.41) is 3.05. The number of halogens is 2. The van der Waals surface area contributed by atoms with Gasteiger partial charge in [-0.05, 0) is 18.2 Å². The Morgan fingerprint density at radius 2 is 1.60 bits per heavy atom. The summed E-state index contributed by atoms with van der Waals surface area (Å²) in [6.45, 7) is 0. The van der Waals surface area contributed by atoms with Crippen LogP contribution < -0.4 is 5.32 Å². The Labute approximate surface area is 77.1 Å². The fourth-order valence-electron chi connectivity index (χ4n) is 0.698. The fraction of sp³-hybridized carbons (Fsp3) is 0.143. The first-order valence-corrected chi connectivity index (χ1v) is 4.45. The summed E-state index contributed by atoms with van der Waals surface area (Å²) in [5.74, 6) is 0. The first kappa shape index (κ1) is 8.08. The molecule has 1 rings (SSSR count). The molecule has 1 aromatic rings. The third-order valence-corrected chi connectivity index (χ3v) is 2.07. The maximum Gasteiger partial charge on any atom is 0.0360 e. The van der Waals surface area contributed by atoms with Crippen LogP contribution in [0.4, 0.5) is 5.69 Å². The van der Waals surface area contributed by atoms with Gasteiger partial charge in [-0.25, -0.2) is 0 Å². The van der Waals surface area contributed by atoms with Crippen molar-refractivity contribution in [2.45, 2.75) is 0 Å². The van der Waals surface area contributed by atoms with E-state index in [1.807, 2.05) is 25.2 Å². The van der Waals surface area contributed by atoms with Crippen LogP contribution in [0, 0.1) is 0 Å². The molecule has 10 heavy (non-hydrogen) atoms. The van der Waals surface area contributed by atoms with Crippen molar-refractivity contribution in [2.24, 2.45) is 0 Å². The minimum atomic E-state index is 1.08. The molecule has 0 atom stereocenters. The van der Waals surface area contributed by atoms with Crippen molar-refractivity contribution < 1.29 is 0 Å². The number of hydrogen-bond acceptors (Lipinski definition) is 1. The van der Waals surface area contributed by atoms with Crippen LogP contribution >= 0.6 is 31.9 Å². The van der Waals surface area contributed by atoms with Crippen LogP contribution in [0.1, 0.15) is 0 Å². The second kappa shape index (κ2) is 3.39. The van der Waals surface area contributed by atoms with Crippen LogP contribution in [0.25, 0.3) is 0 Å². The van der Waals surface area contributed by atoms with Gasteiger partial charge in [0.05, 0.1) is 0 Å². The van der Waals surface area contributed by atoms with E-state index in [1.165, 1.54) is 0 Å². The van der Waals surface area contributed by atoms with Gasteiger partial charge in [0.15, 0.2) is 0 Å². The number of hydrogen-bond donors (Lipinski definition) is 1. The minimum absolute atomic E-state index is 1.08. The molecule has 0 aliphatic heterocycles. The summed E-state index contributed by atoms with van der Waals surface area (Å²) in [6.07, 6.45) is 0. The van der Waals surface area contributed by atoms with Gasteiger partial charge in [-0.1, -0.05) is 31.9 Å². The van der Waals surface area contributed by atoms with E-state index in [0.717, 1.165) is 14.6 Å². The second-order valence-electron chi connectivity index (χ2n) is 1.91. The molecule has 0 bridgehead atoms. The van der Waals surface area contributed by atoms with E-state index in [1.54, 1.807) is 0 Å². The zero-order chi connectivity index (χ0) is 7.56. The predicted molar refractivity (Wildman–Crippen MR) is 51.4 cm³/mol. The molecular formula is C7H7Br2N. The summed E-state index contributed by atoms with van der Waals surface area (Å²) < 4.78 is 2.15. The maximum absolute atomic E-state index is 3.38. The number of benzene rings is 1. The van der Waals surface area contributed by atoms with Crippen LogP contribution in [0.2, 0.25) is 0 Å². The van der Waals surface area contributed by atoms with Crippen molar-refractivity contribution >= 4 is 37.5 Å². The van der Waals surface area contributed by atoms with E-state index >= 15 is 0 Å². The van der Waals surface area contributed by atoms with Gasteiger partial charge in [-0.3, -0.25) is 0 Å². The van der Waals surface area contributed by atoms with Crippen LogP contribution in [0.5, 0.6) is 0 Å². The molecule has 0 fully saturated rings. The van der Waals surface area contributed by atoms with Crippen molar-refractivity contribution in [1.29, 1.82) is 0 Å². The van der Waals surface area contributed by atoms with Crippen molar-refractivity contribution in [3.05, 3.63) is 27.1 Å². The molecular weight excluding hydrogens is 258 g/mol. The average Bonchev–Trinajstić information content (AvgIpc) is 1.85. The Morgan fingerprint density at radius 1 is 1.10 bits per heavy atom. The number of rotatable bonds is 1. The largest absolute Gasteiger partial charge is 0.388 e. The molecule has 3 heteroatoms. The average molecular weight is 265 g/mol. The summed E-state index contributed by atoms with van der Waals surface area (Å²) in [4.78, 5) is 0. The maximum atomic E-state index is 3.38. The lowest BCUT2D eigenvalue weighted by Gasteiger charge is -2.00. The van der Waals surface area contributed by atoms with Gasteiger partial charge in [0, 0.05) is 21.7 Å². The molecule has 0 unspecified atom stereocenters. The lowest BCUT2D eigenvalue weighted by molar-refractivity contribution is 1.48. The molecule has 54 valence electrons. The summed E-state index contributed by atoms with van der Waals surface area (Å²) >= 11 is 6.77. The summed E-state index contributed by atoms with van der Waals surface area (Å²) in [5.41, 5.74) is 1.10. The van der Waals surface area contributed by atoms with E-state index in [0.29, 0.717) is 0 Å². The molecule has 1 N–H and O–H groups in total. The quantitative estimate of drug-likeness (QED) is 0.821. The monoisotopic (exact) mass is 263 g/mol. The summed E-state index contributed by atoms with van der Waals surface area (Å²) in [6, 6.07) is 6.04. The fourth-order valence-corrected chi connectivity index (χ4v) is 1.99. The minimum Gasteiger partial charge on any atom is -0.388 e. The Kier molecular flexibility index (Phi) is 2.74. The third kappa shape index (κ3) is 1.99.